The van der Waals surface area contributed by atoms with Gasteiger partial charge in [0.05, 0.1) is 24.6 Å². The third kappa shape index (κ3) is 8.89. The number of hydrogen-bond donors (Lipinski definition) is 0. The number of ether oxygens (including phenoxy) is 1. The first-order valence-corrected chi connectivity index (χ1v) is 17.2. The van der Waals surface area contributed by atoms with Crippen LogP contribution in [0.25, 0.3) is 11.1 Å². The van der Waals surface area contributed by atoms with Gasteiger partial charge in [-0.05, 0) is 107 Å². The number of halogens is 5. The average Bonchev–Trinajstić information content (AvgIpc) is 2.96. The molecule has 1 aliphatic heterocycles. The lowest BCUT2D eigenvalue weighted by Crippen LogP contribution is -2.38. The molecule has 0 N–H and O–H groups in total. The molecule has 0 radical (unpaired) electrons. The standard InChI is InChI=1S/C39H47F5N2O4/c1-8-50-34(49)19-28(36-37(40)29(20-30(38(36)41)39(42,43)44)35-25(6)15-23(4)16-26(35)7)18-32(47)31(14-22(2)3)46-21-27(24(5)17-33(46)48)10-13-45-11-9-12-45/h15-17,20-22,28,31H,8-14,18-19H2,1-7H3/t28-,31?/m0/s1. The molecule has 11 heteroatoms. The number of hydrogen-bond acceptors (Lipinski definition) is 5. The van der Waals surface area contributed by atoms with Gasteiger partial charge in [0.25, 0.3) is 5.56 Å². The van der Waals surface area contributed by atoms with Crippen molar-refractivity contribution in [1.29, 1.82) is 0 Å². The summed E-state index contributed by atoms with van der Waals surface area (Å²) in [5.74, 6) is -6.49. The predicted octanol–water partition coefficient (Wildman–Crippen LogP) is 8.58. The molecule has 1 aliphatic rings. The summed E-state index contributed by atoms with van der Waals surface area (Å²) in [6.07, 6.45) is -3.08. The number of Topliss-reactive ketones (excluding diaryl/α,β-unsaturated/α-hetero) is 1. The molecule has 2 heterocycles. The molecular formula is C39H47F5N2O4. The van der Waals surface area contributed by atoms with E-state index in [0.717, 1.165) is 42.7 Å². The fourth-order valence-electron chi connectivity index (χ4n) is 7.01. The van der Waals surface area contributed by atoms with Crippen LogP contribution in [-0.4, -0.2) is 47.5 Å². The normalized spacial score (nSPS) is 14.8. The van der Waals surface area contributed by atoms with Crippen LogP contribution in [0, 0.1) is 45.2 Å². The van der Waals surface area contributed by atoms with Crippen LogP contribution in [-0.2, 0) is 26.9 Å². The highest BCUT2D eigenvalue weighted by molar-refractivity contribution is 5.85. The smallest absolute Gasteiger partial charge is 0.419 e. The SMILES string of the molecule is CCOC(=O)C[C@H](CC(=O)C(CC(C)C)n1cc(CCN2CCC2)c(C)cc1=O)c1c(F)c(-c2c(C)cc(C)cc2C)cc(C(F)(F)F)c1F. The second kappa shape index (κ2) is 16.0. The number of carbonyl (C=O) groups is 2. The molecule has 50 heavy (non-hydrogen) atoms. The van der Waals surface area contributed by atoms with Gasteiger partial charge in [-0.3, -0.25) is 14.4 Å². The highest BCUT2D eigenvalue weighted by Gasteiger charge is 2.40. The number of carbonyl (C=O) groups excluding carboxylic acids is 2. The van der Waals surface area contributed by atoms with Crippen LogP contribution in [0.15, 0.2) is 35.3 Å². The zero-order valence-corrected chi connectivity index (χ0v) is 29.9. The van der Waals surface area contributed by atoms with Gasteiger partial charge in [-0.1, -0.05) is 31.5 Å². The maximum Gasteiger partial charge on any atom is 0.419 e. The lowest BCUT2D eigenvalue weighted by atomic mass is 9.82. The van der Waals surface area contributed by atoms with Gasteiger partial charge in [0.2, 0.25) is 0 Å². The zero-order valence-electron chi connectivity index (χ0n) is 29.9. The fraction of sp³-hybridized carbons (Fsp3) is 0.513. The maximum absolute atomic E-state index is 16.7. The number of nitrogens with zero attached hydrogens (tertiary/aromatic N) is 2. The van der Waals surface area contributed by atoms with E-state index in [1.807, 2.05) is 20.8 Å². The molecule has 6 nitrogen and oxygen atoms in total. The highest BCUT2D eigenvalue weighted by Crippen LogP contribution is 2.43. The van der Waals surface area contributed by atoms with Gasteiger partial charge in [-0.25, -0.2) is 8.78 Å². The van der Waals surface area contributed by atoms with Crippen molar-refractivity contribution in [3.63, 3.8) is 0 Å². The number of likely N-dealkylation sites (tertiary alicyclic amines) is 1. The maximum atomic E-state index is 16.7. The Labute approximate surface area is 290 Å². The molecule has 2 aromatic carbocycles. The molecule has 1 saturated heterocycles. The Bertz CT molecular complexity index is 1770. The predicted molar refractivity (Wildman–Crippen MR) is 183 cm³/mol. The van der Waals surface area contributed by atoms with Crippen LogP contribution in [0.1, 0.15) is 97.4 Å². The van der Waals surface area contributed by atoms with Gasteiger partial charge in [-0.2, -0.15) is 13.2 Å². The largest absolute Gasteiger partial charge is 0.466 e. The fourth-order valence-corrected chi connectivity index (χ4v) is 7.01. The topological polar surface area (TPSA) is 68.6 Å². The van der Waals surface area contributed by atoms with Gasteiger partial charge < -0.3 is 14.2 Å². The van der Waals surface area contributed by atoms with Crippen molar-refractivity contribution in [3.05, 3.63) is 91.4 Å². The van der Waals surface area contributed by atoms with E-state index in [1.54, 1.807) is 39.1 Å². The second-order valence-electron chi connectivity index (χ2n) is 14.0. The number of ketones is 1. The first-order valence-electron chi connectivity index (χ1n) is 17.2. The van der Waals surface area contributed by atoms with E-state index in [0.29, 0.717) is 23.6 Å². The van der Waals surface area contributed by atoms with Gasteiger partial charge in [-0.15, -0.1) is 0 Å². The highest BCUT2D eigenvalue weighted by atomic mass is 19.4. The van der Waals surface area contributed by atoms with Crippen molar-refractivity contribution in [2.24, 2.45) is 5.92 Å². The van der Waals surface area contributed by atoms with E-state index in [-0.39, 0.29) is 24.5 Å². The number of aromatic nitrogens is 1. The van der Waals surface area contributed by atoms with E-state index in [2.05, 4.69) is 4.90 Å². The molecule has 2 atom stereocenters. The molecule has 272 valence electrons. The molecule has 0 amide bonds. The number of alkyl halides is 3. The van der Waals surface area contributed by atoms with Crippen molar-refractivity contribution < 1.29 is 36.3 Å². The van der Waals surface area contributed by atoms with E-state index in [1.165, 1.54) is 17.6 Å². The molecule has 0 bridgehead atoms. The van der Waals surface area contributed by atoms with Crippen LogP contribution in [0.2, 0.25) is 0 Å². The van der Waals surface area contributed by atoms with E-state index >= 15 is 8.78 Å². The minimum absolute atomic E-state index is 0.0883. The molecule has 0 saturated carbocycles. The lowest BCUT2D eigenvalue weighted by Gasteiger charge is -2.31. The van der Waals surface area contributed by atoms with Crippen molar-refractivity contribution in [2.45, 2.75) is 98.7 Å². The monoisotopic (exact) mass is 702 g/mol. The summed E-state index contributed by atoms with van der Waals surface area (Å²) in [5, 5.41) is 0. The second-order valence-corrected chi connectivity index (χ2v) is 14.0. The Hall–Kier alpha value is -3.86. The first kappa shape index (κ1) is 38.9. The minimum atomic E-state index is -5.21. The molecule has 3 aromatic rings. The van der Waals surface area contributed by atoms with E-state index in [4.69, 9.17) is 4.74 Å². The molecule has 1 aromatic heterocycles. The number of aryl methyl sites for hydroxylation is 4. The van der Waals surface area contributed by atoms with Gasteiger partial charge >= 0.3 is 12.1 Å². The summed E-state index contributed by atoms with van der Waals surface area (Å²) in [6.45, 7) is 14.7. The van der Waals surface area contributed by atoms with Gasteiger partial charge in [0.1, 0.15) is 11.6 Å². The Morgan fingerprint density at radius 2 is 1.56 bits per heavy atom. The van der Waals surface area contributed by atoms with Crippen molar-refractivity contribution in [3.8, 4) is 11.1 Å². The molecule has 4 rings (SSSR count). The summed E-state index contributed by atoms with van der Waals surface area (Å²) in [4.78, 5) is 42.8. The van der Waals surface area contributed by atoms with Gasteiger partial charge in [0.15, 0.2) is 5.78 Å². The van der Waals surface area contributed by atoms with E-state index in [9.17, 15) is 27.6 Å². The van der Waals surface area contributed by atoms with Crippen LogP contribution < -0.4 is 5.56 Å². The van der Waals surface area contributed by atoms with Gasteiger partial charge in [0, 0.05) is 42.3 Å². The van der Waals surface area contributed by atoms with Crippen LogP contribution >= 0.6 is 0 Å². The minimum Gasteiger partial charge on any atom is -0.466 e. The number of benzene rings is 2. The molecule has 1 unspecified atom stereocenters. The quantitative estimate of drug-likeness (QED) is 0.124. The van der Waals surface area contributed by atoms with Crippen LogP contribution in [0.3, 0.4) is 0 Å². The number of esters is 1. The lowest BCUT2D eigenvalue weighted by molar-refractivity contribution is -0.143. The van der Waals surface area contributed by atoms with Crippen LogP contribution in [0.4, 0.5) is 22.0 Å². The Morgan fingerprint density at radius 3 is 2.10 bits per heavy atom. The number of pyridine rings is 1. The zero-order chi connectivity index (χ0) is 37.1. The third-order valence-corrected chi connectivity index (χ3v) is 9.50. The molecule has 1 fully saturated rings. The van der Waals surface area contributed by atoms with E-state index < -0.39 is 76.6 Å². The Balaban J connectivity index is 1.87. The van der Waals surface area contributed by atoms with Crippen LogP contribution in [0.5, 0.6) is 0 Å². The summed E-state index contributed by atoms with van der Waals surface area (Å²) >= 11 is 0. The summed E-state index contributed by atoms with van der Waals surface area (Å²) in [5.41, 5.74) is -0.0812. The summed E-state index contributed by atoms with van der Waals surface area (Å²) in [6, 6.07) is 4.19. The molecular weight excluding hydrogens is 655 g/mol. The third-order valence-electron chi connectivity index (χ3n) is 9.50. The molecule has 0 aliphatic carbocycles. The van der Waals surface area contributed by atoms with Crippen molar-refractivity contribution in [2.75, 3.05) is 26.2 Å². The van der Waals surface area contributed by atoms with Crippen molar-refractivity contribution >= 4 is 11.8 Å². The molecule has 0 spiro atoms. The number of rotatable bonds is 14. The Morgan fingerprint density at radius 1 is 0.920 bits per heavy atom. The Kier molecular flexibility index (Phi) is 12.5. The summed E-state index contributed by atoms with van der Waals surface area (Å²) in [7, 11) is 0. The summed E-state index contributed by atoms with van der Waals surface area (Å²) < 4.78 is 82.5. The first-order chi connectivity index (χ1) is 23.4. The van der Waals surface area contributed by atoms with Crippen molar-refractivity contribution in [1.82, 2.24) is 9.47 Å². The average molecular weight is 703 g/mol.